The normalized spacial score (nSPS) is 25.8. The molecule has 0 aliphatic carbocycles. The molecule has 1 fully saturated rings. The van der Waals surface area contributed by atoms with Crippen molar-refractivity contribution in [2.45, 2.75) is 52.7 Å². The maximum absolute atomic E-state index is 5.85. The molecule has 0 amide bonds. The van der Waals surface area contributed by atoms with Crippen molar-refractivity contribution in [2.24, 2.45) is 5.41 Å². The van der Waals surface area contributed by atoms with Crippen molar-refractivity contribution in [3.05, 3.63) is 0 Å². The van der Waals surface area contributed by atoms with Gasteiger partial charge < -0.3 is 9.47 Å². The topological polar surface area (TPSA) is 18.5 Å². The lowest BCUT2D eigenvalue weighted by Crippen LogP contribution is -2.47. The summed E-state index contributed by atoms with van der Waals surface area (Å²) in [6, 6.07) is 0. The zero-order valence-electron chi connectivity index (χ0n) is 9.35. The van der Waals surface area contributed by atoms with E-state index in [0.29, 0.717) is 0 Å². The van der Waals surface area contributed by atoms with Crippen LogP contribution in [0.1, 0.15) is 47.0 Å². The summed E-state index contributed by atoms with van der Waals surface area (Å²) >= 11 is 0. The van der Waals surface area contributed by atoms with E-state index in [1.807, 2.05) is 0 Å². The zero-order chi connectivity index (χ0) is 9.95. The van der Waals surface area contributed by atoms with E-state index in [9.17, 15) is 0 Å². The van der Waals surface area contributed by atoms with Gasteiger partial charge in [-0.15, -0.1) is 0 Å². The molecule has 2 heteroatoms. The van der Waals surface area contributed by atoms with Crippen LogP contribution in [0, 0.1) is 5.41 Å². The van der Waals surface area contributed by atoms with Crippen molar-refractivity contribution in [2.75, 3.05) is 13.2 Å². The summed E-state index contributed by atoms with van der Waals surface area (Å²) in [6.45, 7) is 10.3. The van der Waals surface area contributed by atoms with Gasteiger partial charge in [0.05, 0.1) is 13.2 Å². The third-order valence-corrected chi connectivity index (χ3v) is 2.62. The summed E-state index contributed by atoms with van der Waals surface area (Å²) in [5.74, 6) is -0.274. The Hall–Kier alpha value is -0.0800. The second kappa shape index (κ2) is 3.97. The molecule has 0 aromatic rings. The van der Waals surface area contributed by atoms with E-state index in [4.69, 9.17) is 9.47 Å². The van der Waals surface area contributed by atoms with Crippen LogP contribution in [0.5, 0.6) is 0 Å². The van der Waals surface area contributed by atoms with Crippen LogP contribution in [-0.2, 0) is 9.47 Å². The predicted octanol–water partition coefficient (Wildman–Crippen LogP) is 2.97. The molecule has 78 valence electrons. The van der Waals surface area contributed by atoms with E-state index in [-0.39, 0.29) is 11.2 Å². The third kappa shape index (κ3) is 2.68. The minimum absolute atomic E-state index is 0.187. The van der Waals surface area contributed by atoms with Crippen molar-refractivity contribution in [1.82, 2.24) is 0 Å². The van der Waals surface area contributed by atoms with E-state index >= 15 is 0 Å². The highest BCUT2D eigenvalue weighted by Crippen LogP contribution is 2.34. The van der Waals surface area contributed by atoms with Gasteiger partial charge in [-0.05, 0) is 6.42 Å². The minimum atomic E-state index is -0.274. The van der Waals surface area contributed by atoms with Crippen LogP contribution in [0.3, 0.4) is 0 Å². The Morgan fingerprint density at radius 2 is 1.62 bits per heavy atom. The van der Waals surface area contributed by atoms with E-state index in [2.05, 4.69) is 27.7 Å². The first-order chi connectivity index (χ1) is 6.04. The highest BCUT2D eigenvalue weighted by atomic mass is 16.7. The minimum Gasteiger partial charge on any atom is -0.349 e. The summed E-state index contributed by atoms with van der Waals surface area (Å²) in [4.78, 5) is 0. The van der Waals surface area contributed by atoms with Crippen molar-refractivity contribution >= 4 is 0 Å². The van der Waals surface area contributed by atoms with Crippen LogP contribution in [0.25, 0.3) is 0 Å². The largest absolute Gasteiger partial charge is 0.349 e. The fraction of sp³-hybridized carbons (Fsp3) is 1.00. The van der Waals surface area contributed by atoms with Gasteiger partial charge in [-0.2, -0.15) is 0 Å². The molecule has 0 saturated carbocycles. The van der Waals surface area contributed by atoms with Crippen molar-refractivity contribution in [3.8, 4) is 0 Å². The lowest BCUT2D eigenvalue weighted by Gasteiger charge is -2.43. The van der Waals surface area contributed by atoms with Gasteiger partial charge in [0.1, 0.15) is 0 Å². The molecular formula is C11H22O2. The predicted molar refractivity (Wildman–Crippen MR) is 53.6 cm³/mol. The Balaban J connectivity index is 2.52. The Morgan fingerprint density at radius 1 is 1.08 bits per heavy atom. The highest BCUT2D eigenvalue weighted by molar-refractivity contribution is 4.78. The molecule has 0 spiro atoms. The number of hydrogen-bond donors (Lipinski definition) is 0. The molecule has 2 nitrogen and oxygen atoms in total. The smallest absolute Gasteiger partial charge is 0.168 e. The summed E-state index contributed by atoms with van der Waals surface area (Å²) < 4.78 is 11.7. The van der Waals surface area contributed by atoms with E-state index in [1.165, 1.54) is 0 Å². The summed E-state index contributed by atoms with van der Waals surface area (Å²) in [5.41, 5.74) is 0.187. The van der Waals surface area contributed by atoms with Gasteiger partial charge in [-0.3, -0.25) is 0 Å². The fourth-order valence-electron chi connectivity index (χ4n) is 1.64. The quantitative estimate of drug-likeness (QED) is 0.674. The monoisotopic (exact) mass is 186 g/mol. The molecule has 1 aliphatic heterocycles. The van der Waals surface area contributed by atoms with E-state index in [0.717, 1.165) is 32.5 Å². The van der Waals surface area contributed by atoms with E-state index < -0.39 is 0 Å². The molecule has 13 heavy (non-hydrogen) atoms. The number of ether oxygens (including phenoxy) is 2. The molecule has 1 rings (SSSR count). The molecule has 1 aliphatic rings. The molecule has 1 saturated heterocycles. The first kappa shape index (κ1) is 11.0. The molecule has 0 N–H and O–H groups in total. The van der Waals surface area contributed by atoms with Crippen LogP contribution in [0.4, 0.5) is 0 Å². The van der Waals surface area contributed by atoms with Crippen LogP contribution < -0.4 is 0 Å². The number of rotatable bonds is 3. The van der Waals surface area contributed by atoms with Crippen LogP contribution in [0.15, 0.2) is 0 Å². The fourth-order valence-corrected chi connectivity index (χ4v) is 1.64. The Morgan fingerprint density at radius 3 is 2.00 bits per heavy atom. The van der Waals surface area contributed by atoms with Crippen LogP contribution in [0.2, 0.25) is 0 Å². The van der Waals surface area contributed by atoms with Crippen LogP contribution >= 0.6 is 0 Å². The summed E-state index contributed by atoms with van der Waals surface area (Å²) in [6.07, 6.45) is 3.09. The molecular weight excluding hydrogens is 164 g/mol. The molecule has 0 bridgehead atoms. The zero-order valence-corrected chi connectivity index (χ0v) is 9.35. The standard InChI is InChI=1S/C11H22O2/c1-5-7-11(6-2)12-8-10(3,4)9-13-11/h5-9H2,1-4H3. The average molecular weight is 186 g/mol. The first-order valence-electron chi connectivity index (χ1n) is 5.31. The highest BCUT2D eigenvalue weighted by Gasteiger charge is 2.38. The second-order valence-electron chi connectivity index (χ2n) is 4.76. The van der Waals surface area contributed by atoms with Gasteiger partial charge in [-0.1, -0.05) is 34.1 Å². The Labute approximate surface area is 81.6 Å². The Bertz CT molecular complexity index is 153. The van der Waals surface area contributed by atoms with E-state index in [1.54, 1.807) is 0 Å². The van der Waals surface area contributed by atoms with Crippen molar-refractivity contribution < 1.29 is 9.47 Å². The van der Waals surface area contributed by atoms with Crippen LogP contribution in [-0.4, -0.2) is 19.0 Å². The average Bonchev–Trinajstić information content (AvgIpc) is 2.10. The van der Waals surface area contributed by atoms with Gasteiger partial charge in [0.2, 0.25) is 0 Å². The molecule has 0 aromatic carbocycles. The molecule has 0 aromatic heterocycles. The van der Waals surface area contributed by atoms with Gasteiger partial charge in [0, 0.05) is 11.8 Å². The molecule has 0 unspecified atom stereocenters. The summed E-state index contributed by atoms with van der Waals surface area (Å²) in [5, 5.41) is 0. The number of hydrogen-bond acceptors (Lipinski definition) is 2. The lowest BCUT2D eigenvalue weighted by atomic mass is 9.93. The second-order valence-corrected chi connectivity index (χ2v) is 4.76. The van der Waals surface area contributed by atoms with Gasteiger partial charge in [0.25, 0.3) is 0 Å². The summed E-state index contributed by atoms with van der Waals surface area (Å²) in [7, 11) is 0. The van der Waals surface area contributed by atoms with Crippen molar-refractivity contribution in [1.29, 1.82) is 0 Å². The third-order valence-electron chi connectivity index (χ3n) is 2.62. The maximum atomic E-state index is 5.85. The Kier molecular flexibility index (Phi) is 3.36. The lowest BCUT2D eigenvalue weighted by molar-refractivity contribution is -0.302. The van der Waals surface area contributed by atoms with Gasteiger partial charge in [-0.25, -0.2) is 0 Å². The SMILES string of the molecule is CCCC1(CC)OCC(C)(C)CO1. The molecule has 0 radical (unpaired) electrons. The van der Waals surface area contributed by atoms with Gasteiger partial charge >= 0.3 is 0 Å². The molecule has 1 heterocycles. The van der Waals surface area contributed by atoms with Crippen molar-refractivity contribution in [3.63, 3.8) is 0 Å². The molecule has 0 atom stereocenters. The maximum Gasteiger partial charge on any atom is 0.168 e. The first-order valence-corrected chi connectivity index (χ1v) is 5.31. The van der Waals surface area contributed by atoms with Gasteiger partial charge in [0.15, 0.2) is 5.79 Å².